The van der Waals surface area contributed by atoms with Gasteiger partial charge < -0.3 is 5.11 Å². The Hall–Kier alpha value is -2.09. The molecular formula is C19H20ClNO4S2. The molecule has 0 unspecified atom stereocenters. The summed E-state index contributed by atoms with van der Waals surface area (Å²) in [6.45, 7) is 5.97. The molecule has 0 amide bonds. The van der Waals surface area contributed by atoms with Gasteiger partial charge in [0.2, 0.25) is 0 Å². The summed E-state index contributed by atoms with van der Waals surface area (Å²) >= 11 is 7.12. The monoisotopic (exact) mass is 425 g/mol. The predicted octanol–water partition coefficient (Wildman–Crippen LogP) is 5.78. The molecule has 0 fully saturated rings. The summed E-state index contributed by atoms with van der Waals surface area (Å²) in [7, 11) is -3.83. The molecule has 0 saturated carbocycles. The number of rotatable bonds is 4. The van der Waals surface area contributed by atoms with E-state index in [1.54, 1.807) is 25.1 Å². The molecule has 5 nitrogen and oxygen atoms in total. The third kappa shape index (κ3) is 5.00. The number of carboxylic acid groups (broad SMARTS) is 1. The number of benzene rings is 2. The van der Waals surface area contributed by atoms with E-state index in [9.17, 15) is 13.2 Å². The molecule has 2 aromatic carbocycles. The van der Waals surface area contributed by atoms with Gasteiger partial charge in [0.25, 0.3) is 10.0 Å². The van der Waals surface area contributed by atoms with Crippen LogP contribution < -0.4 is 4.72 Å². The van der Waals surface area contributed by atoms with Crippen molar-refractivity contribution in [3.05, 3.63) is 58.6 Å². The number of halogens is 1. The molecule has 0 atom stereocenters. The quantitative estimate of drug-likeness (QED) is 0.555. The van der Waals surface area contributed by atoms with E-state index in [4.69, 9.17) is 16.7 Å². The van der Waals surface area contributed by atoms with Crippen LogP contribution in [0.5, 0.6) is 0 Å². The SMILES string of the molecule is CCC.Cc1c(S(=O)(=O)Nc2cccc(C(=O)O)c2)sc2ccc(Cl)cc12. The molecule has 0 aliphatic carbocycles. The summed E-state index contributed by atoms with van der Waals surface area (Å²) in [6, 6.07) is 10.9. The average Bonchev–Trinajstić information content (AvgIpc) is 2.93. The van der Waals surface area contributed by atoms with Gasteiger partial charge in [-0.1, -0.05) is 37.9 Å². The number of aromatic carboxylic acids is 1. The first-order valence-corrected chi connectivity index (χ1v) is 10.9. The van der Waals surface area contributed by atoms with E-state index in [1.165, 1.54) is 30.7 Å². The lowest BCUT2D eigenvalue weighted by Gasteiger charge is -2.08. The zero-order valence-electron chi connectivity index (χ0n) is 15.1. The van der Waals surface area contributed by atoms with Crippen LogP contribution in [-0.4, -0.2) is 19.5 Å². The van der Waals surface area contributed by atoms with Crippen LogP contribution in [0.1, 0.15) is 36.2 Å². The van der Waals surface area contributed by atoms with E-state index in [1.807, 2.05) is 0 Å². The lowest BCUT2D eigenvalue weighted by molar-refractivity contribution is 0.0697. The molecule has 0 aliphatic heterocycles. The van der Waals surface area contributed by atoms with E-state index in [2.05, 4.69) is 18.6 Å². The lowest BCUT2D eigenvalue weighted by atomic mass is 10.2. The Morgan fingerprint density at radius 3 is 2.48 bits per heavy atom. The van der Waals surface area contributed by atoms with Gasteiger partial charge in [-0.15, -0.1) is 11.3 Å². The number of thiophene rings is 1. The Balaban J connectivity index is 0.000000817. The number of anilines is 1. The zero-order chi connectivity index (χ0) is 20.2. The summed E-state index contributed by atoms with van der Waals surface area (Å²) in [5, 5.41) is 10.3. The number of hydrogen-bond acceptors (Lipinski definition) is 4. The fourth-order valence-corrected chi connectivity index (χ4v) is 5.31. The second kappa shape index (κ2) is 8.73. The van der Waals surface area contributed by atoms with Crippen LogP contribution in [-0.2, 0) is 10.0 Å². The van der Waals surface area contributed by atoms with Gasteiger partial charge in [-0.2, -0.15) is 0 Å². The smallest absolute Gasteiger partial charge is 0.335 e. The Kier molecular flexibility index (Phi) is 6.86. The Labute approximate surface area is 167 Å². The molecule has 2 N–H and O–H groups in total. The van der Waals surface area contributed by atoms with Crippen molar-refractivity contribution < 1.29 is 18.3 Å². The molecule has 3 aromatic rings. The highest BCUT2D eigenvalue weighted by atomic mass is 35.5. The lowest BCUT2D eigenvalue weighted by Crippen LogP contribution is -2.13. The first-order chi connectivity index (χ1) is 12.7. The number of hydrogen-bond donors (Lipinski definition) is 2. The highest BCUT2D eigenvalue weighted by Crippen LogP contribution is 2.36. The minimum absolute atomic E-state index is 0.00930. The van der Waals surface area contributed by atoms with Crippen molar-refractivity contribution in [3.63, 3.8) is 0 Å². The van der Waals surface area contributed by atoms with Crippen LogP contribution in [0, 0.1) is 6.92 Å². The molecule has 144 valence electrons. The molecule has 8 heteroatoms. The number of carboxylic acids is 1. The van der Waals surface area contributed by atoms with Gasteiger partial charge in [-0.25, -0.2) is 13.2 Å². The maximum atomic E-state index is 12.7. The third-order valence-electron chi connectivity index (χ3n) is 3.46. The van der Waals surface area contributed by atoms with Crippen molar-refractivity contribution in [2.75, 3.05) is 4.72 Å². The summed E-state index contributed by atoms with van der Waals surface area (Å²) in [5.74, 6) is -1.12. The van der Waals surface area contributed by atoms with Gasteiger partial charge in [-0.05, 0) is 54.3 Å². The first kappa shape index (κ1) is 21.2. The number of aryl methyl sites for hydroxylation is 1. The highest BCUT2D eigenvalue weighted by molar-refractivity contribution is 7.94. The fraction of sp³-hybridized carbons (Fsp3) is 0.211. The summed E-state index contributed by atoms with van der Waals surface area (Å²) in [5.41, 5.74) is 0.819. The number of carbonyl (C=O) groups is 1. The molecule has 0 spiro atoms. The molecule has 1 aromatic heterocycles. The van der Waals surface area contributed by atoms with Crippen LogP contribution in [0.2, 0.25) is 5.02 Å². The van der Waals surface area contributed by atoms with E-state index in [-0.39, 0.29) is 15.5 Å². The molecule has 3 rings (SSSR count). The van der Waals surface area contributed by atoms with Crippen LogP contribution >= 0.6 is 22.9 Å². The number of sulfonamides is 1. The maximum absolute atomic E-state index is 12.7. The summed E-state index contributed by atoms with van der Waals surface area (Å²) in [6.07, 6.45) is 1.25. The largest absolute Gasteiger partial charge is 0.478 e. The third-order valence-corrected chi connectivity index (χ3v) is 6.97. The topological polar surface area (TPSA) is 83.5 Å². The van der Waals surface area contributed by atoms with Crippen molar-refractivity contribution in [1.82, 2.24) is 0 Å². The van der Waals surface area contributed by atoms with Crippen LogP contribution in [0.3, 0.4) is 0 Å². The Bertz CT molecular complexity index is 1070. The zero-order valence-corrected chi connectivity index (χ0v) is 17.5. The molecule has 0 saturated heterocycles. The van der Waals surface area contributed by atoms with Gasteiger partial charge in [0.1, 0.15) is 4.21 Å². The average molecular weight is 426 g/mol. The van der Waals surface area contributed by atoms with E-state index < -0.39 is 16.0 Å². The van der Waals surface area contributed by atoms with Gasteiger partial charge in [-0.3, -0.25) is 4.72 Å². The molecule has 1 heterocycles. The van der Waals surface area contributed by atoms with Crippen molar-refractivity contribution in [2.45, 2.75) is 31.4 Å². The van der Waals surface area contributed by atoms with Crippen molar-refractivity contribution in [2.24, 2.45) is 0 Å². The Morgan fingerprint density at radius 2 is 1.85 bits per heavy atom. The standard InChI is InChI=1S/C16H12ClNO4S2.C3H8/c1-9-13-8-11(17)5-6-14(13)23-16(9)24(21,22)18-12-4-2-3-10(7-12)15(19)20;1-3-2/h2-8,18H,1H3,(H,19,20);3H2,1-2H3. The first-order valence-electron chi connectivity index (χ1n) is 8.24. The predicted molar refractivity (Wildman–Crippen MR) is 112 cm³/mol. The maximum Gasteiger partial charge on any atom is 0.335 e. The highest BCUT2D eigenvalue weighted by Gasteiger charge is 2.22. The van der Waals surface area contributed by atoms with Gasteiger partial charge in [0.05, 0.1) is 5.56 Å². The normalized spacial score (nSPS) is 11.0. The summed E-state index contributed by atoms with van der Waals surface area (Å²) < 4.78 is 28.8. The van der Waals surface area contributed by atoms with E-state index in [0.717, 1.165) is 21.4 Å². The van der Waals surface area contributed by atoms with Crippen molar-refractivity contribution >= 4 is 54.7 Å². The fourth-order valence-electron chi connectivity index (χ4n) is 2.34. The molecule has 27 heavy (non-hydrogen) atoms. The second-order valence-corrected chi connectivity index (χ2v) is 9.22. The minimum Gasteiger partial charge on any atom is -0.478 e. The van der Waals surface area contributed by atoms with Crippen LogP contribution in [0.15, 0.2) is 46.7 Å². The van der Waals surface area contributed by atoms with Crippen LogP contribution in [0.25, 0.3) is 10.1 Å². The number of fused-ring (bicyclic) bond motifs is 1. The molecule has 0 radical (unpaired) electrons. The van der Waals surface area contributed by atoms with Gasteiger partial charge in [0, 0.05) is 15.4 Å². The van der Waals surface area contributed by atoms with Gasteiger partial charge >= 0.3 is 5.97 Å². The van der Waals surface area contributed by atoms with E-state index >= 15 is 0 Å². The Morgan fingerprint density at radius 1 is 1.19 bits per heavy atom. The molecular weight excluding hydrogens is 406 g/mol. The summed E-state index contributed by atoms with van der Waals surface area (Å²) in [4.78, 5) is 11.0. The van der Waals surface area contributed by atoms with E-state index in [0.29, 0.717) is 10.6 Å². The van der Waals surface area contributed by atoms with Crippen molar-refractivity contribution in [1.29, 1.82) is 0 Å². The molecule has 0 bridgehead atoms. The second-order valence-electron chi connectivity index (χ2n) is 5.85. The number of nitrogens with one attached hydrogen (secondary N) is 1. The van der Waals surface area contributed by atoms with Crippen molar-refractivity contribution in [3.8, 4) is 0 Å². The van der Waals surface area contributed by atoms with Gasteiger partial charge in [0.15, 0.2) is 0 Å². The molecule has 0 aliphatic rings. The minimum atomic E-state index is -3.83. The van der Waals surface area contributed by atoms with Crippen LogP contribution in [0.4, 0.5) is 5.69 Å².